The molecule has 128 valence electrons. The van der Waals surface area contributed by atoms with Gasteiger partial charge in [0.2, 0.25) is 0 Å². The molecule has 2 aromatic carbocycles. The van der Waals surface area contributed by atoms with E-state index in [4.69, 9.17) is 0 Å². The Labute approximate surface area is 144 Å². The highest BCUT2D eigenvalue weighted by molar-refractivity contribution is 5.54. The van der Waals surface area contributed by atoms with Gasteiger partial charge in [0.1, 0.15) is 12.1 Å². The van der Waals surface area contributed by atoms with Gasteiger partial charge < -0.3 is 14.9 Å². The Hall–Kier alpha value is -3.22. The molecule has 0 aliphatic carbocycles. The maximum Gasteiger partial charge on any atom is 0.347 e. The number of aromatic hydroxyl groups is 1. The van der Waals surface area contributed by atoms with Crippen molar-refractivity contribution >= 4 is 11.4 Å². The second-order valence-corrected chi connectivity index (χ2v) is 6.04. The molecule has 0 saturated carbocycles. The predicted octanol–water partition coefficient (Wildman–Crippen LogP) is 1.59. The van der Waals surface area contributed by atoms with Gasteiger partial charge in [-0.25, -0.2) is 14.5 Å². The summed E-state index contributed by atoms with van der Waals surface area (Å²) in [5.74, 6) is 0.291. The fourth-order valence-corrected chi connectivity index (χ4v) is 3.14. The van der Waals surface area contributed by atoms with E-state index < -0.39 is 0 Å². The molecule has 7 nitrogen and oxygen atoms in total. The normalized spacial score (nSPS) is 14.7. The van der Waals surface area contributed by atoms with Crippen LogP contribution in [0.5, 0.6) is 5.75 Å². The van der Waals surface area contributed by atoms with Gasteiger partial charge in [-0.1, -0.05) is 0 Å². The predicted molar refractivity (Wildman–Crippen MR) is 96.7 cm³/mol. The van der Waals surface area contributed by atoms with Crippen molar-refractivity contribution in [2.24, 2.45) is 0 Å². The third-order valence-electron chi connectivity index (χ3n) is 4.54. The number of nitrogens with one attached hydrogen (secondary N) is 1. The number of piperazine rings is 1. The zero-order chi connectivity index (χ0) is 17.2. The van der Waals surface area contributed by atoms with Gasteiger partial charge in [-0.05, 0) is 48.5 Å². The molecule has 0 unspecified atom stereocenters. The van der Waals surface area contributed by atoms with Crippen LogP contribution in [0.2, 0.25) is 0 Å². The standard InChI is InChI=1S/C18H19N5O2/c24-17-7-5-15(6-8-17)22-11-9-21(10-12-22)14-1-3-16(4-2-14)23-13-19-20-18(23)25/h1-8,13,24H,9-12H2,(H,20,25). The molecule has 25 heavy (non-hydrogen) atoms. The van der Waals surface area contributed by atoms with Crippen LogP contribution in [0.25, 0.3) is 5.69 Å². The van der Waals surface area contributed by atoms with Gasteiger partial charge in [0.15, 0.2) is 0 Å². The summed E-state index contributed by atoms with van der Waals surface area (Å²) in [6.45, 7) is 3.69. The Morgan fingerprint density at radius 2 is 1.28 bits per heavy atom. The van der Waals surface area contributed by atoms with Crippen molar-refractivity contribution in [1.29, 1.82) is 0 Å². The number of anilines is 2. The van der Waals surface area contributed by atoms with E-state index >= 15 is 0 Å². The molecule has 2 heterocycles. The molecule has 1 aliphatic rings. The second-order valence-electron chi connectivity index (χ2n) is 6.04. The Morgan fingerprint density at radius 3 is 1.76 bits per heavy atom. The summed E-state index contributed by atoms with van der Waals surface area (Å²) in [5, 5.41) is 15.5. The van der Waals surface area contributed by atoms with Crippen LogP contribution in [-0.4, -0.2) is 46.1 Å². The van der Waals surface area contributed by atoms with Gasteiger partial charge in [-0.15, -0.1) is 0 Å². The van der Waals surface area contributed by atoms with E-state index in [0.717, 1.165) is 43.2 Å². The molecule has 1 saturated heterocycles. The molecule has 3 aromatic rings. The van der Waals surface area contributed by atoms with Crippen LogP contribution in [-0.2, 0) is 0 Å². The lowest BCUT2D eigenvalue weighted by Crippen LogP contribution is -2.46. The number of aromatic nitrogens is 3. The van der Waals surface area contributed by atoms with Crippen LogP contribution in [0.15, 0.2) is 59.7 Å². The van der Waals surface area contributed by atoms with E-state index in [1.54, 1.807) is 12.1 Å². The van der Waals surface area contributed by atoms with Gasteiger partial charge in [-0.2, -0.15) is 5.10 Å². The lowest BCUT2D eigenvalue weighted by molar-refractivity contribution is 0.475. The van der Waals surface area contributed by atoms with E-state index in [9.17, 15) is 9.90 Å². The van der Waals surface area contributed by atoms with Crippen molar-refractivity contribution in [3.8, 4) is 11.4 Å². The molecule has 1 fully saturated rings. The molecule has 0 amide bonds. The average Bonchev–Trinajstić information content (AvgIpc) is 3.09. The largest absolute Gasteiger partial charge is 0.508 e. The minimum Gasteiger partial charge on any atom is -0.508 e. The van der Waals surface area contributed by atoms with Crippen LogP contribution in [0.1, 0.15) is 0 Å². The molecule has 0 bridgehead atoms. The number of rotatable bonds is 3. The number of phenols is 1. The van der Waals surface area contributed by atoms with E-state index in [-0.39, 0.29) is 5.69 Å². The fraction of sp³-hybridized carbons (Fsp3) is 0.222. The Kier molecular flexibility index (Phi) is 3.89. The topological polar surface area (TPSA) is 77.4 Å². The maximum absolute atomic E-state index is 11.6. The molecule has 7 heteroatoms. The number of aromatic amines is 1. The highest BCUT2D eigenvalue weighted by atomic mass is 16.3. The summed E-state index contributed by atoms with van der Waals surface area (Å²) in [7, 11) is 0. The molecule has 0 radical (unpaired) electrons. The summed E-state index contributed by atoms with van der Waals surface area (Å²) in [6.07, 6.45) is 1.48. The molecule has 0 atom stereocenters. The van der Waals surface area contributed by atoms with Gasteiger partial charge >= 0.3 is 5.69 Å². The molecular weight excluding hydrogens is 318 g/mol. The van der Waals surface area contributed by atoms with Crippen LogP contribution in [0.4, 0.5) is 11.4 Å². The lowest BCUT2D eigenvalue weighted by atomic mass is 10.2. The molecule has 1 aromatic heterocycles. The number of H-pyrrole nitrogens is 1. The zero-order valence-corrected chi connectivity index (χ0v) is 13.7. The maximum atomic E-state index is 11.6. The second kappa shape index (κ2) is 6.35. The molecule has 2 N–H and O–H groups in total. The first-order chi connectivity index (χ1) is 12.2. The van der Waals surface area contributed by atoms with Crippen molar-refractivity contribution < 1.29 is 5.11 Å². The number of hydrogen-bond acceptors (Lipinski definition) is 5. The summed E-state index contributed by atoms with van der Waals surface area (Å²) in [6, 6.07) is 15.3. The zero-order valence-electron chi connectivity index (χ0n) is 13.7. The molecule has 0 spiro atoms. The van der Waals surface area contributed by atoms with Crippen LogP contribution in [0.3, 0.4) is 0 Å². The number of nitrogens with zero attached hydrogens (tertiary/aromatic N) is 4. The first-order valence-corrected chi connectivity index (χ1v) is 8.22. The number of phenolic OH excluding ortho intramolecular Hbond substituents is 1. The van der Waals surface area contributed by atoms with Crippen molar-refractivity contribution in [3.05, 3.63) is 65.3 Å². The molecule has 1 aliphatic heterocycles. The van der Waals surface area contributed by atoms with E-state index in [1.165, 1.54) is 10.9 Å². The minimum atomic E-state index is -0.240. The van der Waals surface area contributed by atoms with Crippen molar-refractivity contribution in [2.75, 3.05) is 36.0 Å². The molecule has 4 rings (SSSR count). The van der Waals surface area contributed by atoms with Crippen molar-refractivity contribution in [2.45, 2.75) is 0 Å². The van der Waals surface area contributed by atoms with Crippen molar-refractivity contribution in [1.82, 2.24) is 14.8 Å². The monoisotopic (exact) mass is 337 g/mol. The summed E-state index contributed by atoms with van der Waals surface area (Å²) < 4.78 is 1.48. The van der Waals surface area contributed by atoms with Gasteiger partial charge in [0, 0.05) is 37.6 Å². The highest BCUT2D eigenvalue weighted by Crippen LogP contribution is 2.23. The summed E-state index contributed by atoms with van der Waals surface area (Å²) in [4.78, 5) is 16.3. The first-order valence-electron chi connectivity index (χ1n) is 8.22. The Bertz CT molecular complexity index is 890. The van der Waals surface area contributed by atoms with Crippen LogP contribution in [0, 0.1) is 0 Å². The van der Waals surface area contributed by atoms with Gasteiger partial charge in [0.05, 0.1) is 5.69 Å². The number of benzene rings is 2. The van der Waals surface area contributed by atoms with Gasteiger partial charge in [0.25, 0.3) is 0 Å². The van der Waals surface area contributed by atoms with E-state index in [2.05, 4.69) is 20.0 Å². The lowest BCUT2D eigenvalue weighted by Gasteiger charge is -2.37. The third kappa shape index (κ3) is 3.08. The summed E-state index contributed by atoms with van der Waals surface area (Å²) in [5.41, 5.74) is 2.83. The van der Waals surface area contributed by atoms with Crippen molar-refractivity contribution in [3.63, 3.8) is 0 Å². The van der Waals surface area contributed by atoms with E-state index in [1.807, 2.05) is 36.4 Å². The Balaban J connectivity index is 1.43. The first kappa shape index (κ1) is 15.3. The van der Waals surface area contributed by atoms with E-state index in [0.29, 0.717) is 5.75 Å². The third-order valence-corrected chi connectivity index (χ3v) is 4.54. The molecular formula is C18H19N5O2. The summed E-state index contributed by atoms with van der Waals surface area (Å²) >= 11 is 0. The SMILES string of the molecule is O=c1[nH]ncn1-c1ccc(N2CCN(c3ccc(O)cc3)CC2)cc1. The van der Waals surface area contributed by atoms with Crippen LogP contribution < -0.4 is 15.5 Å². The number of hydrogen-bond donors (Lipinski definition) is 2. The quantitative estimate of drug-likeness (QED) is 0.759. The fourth-order valence-electron chi connectivity index (χ4n) is 3.14. The Morgan fingerprint density at radius 1 is 0.800 bits per heavy atom. The average molecular weight is 337 g/mol. The van der Waals surface area contributed by atoms with Crippen LogP contribution >= 0.6 is 0 Å². The highest BCUT2D eigenvalue weighted by Gasteiger charge is 2.17. The van der Waals surface area contributed by atoms with Gasteiger partial charge in [-0.3, -0.25) is 0 Å². The smallest absolute Gasteiger partial charge is 0.347 e. The minimum absolute atomic E-state index is 0.240.